The summed E-state index contributed by atoms with van der Waals surface area (Å²) in [5.41, 5.74) is 2.76. The van der Waals surface area contributed by atoms with E-state index < -0.39 is 43.3 Å². The third-order valence-electron chi connectivity index (χ3n) is 8.70. The van der Waals surface area contributed by atoms with E-state index in [2.05, 4.69) is 44.2 Å². The van der Waals surface area contributed by atoms with Gasteiger partial charge in [-0.05, 0) is 31.6 Å². The van der Waals surface area contributed by atoms with Gasteiger partial charge in [0.15, 0.2) is 29.3 Å². The molecule has 0 aliphatic carbocycles. The topological polar surface area (TPSA) is 138 Å². The molecule has 0 amide bonds. The number of carbonyl (C=O) groups excluding carboxylic acids is 1. The second-order valence-electron chi connectivity index (χ2n) is 11.9. The Morgan fingerprint density at radius 2 is 1.77 bits per heavy atom. The molecule has 1 unspecified atom stereocenters. The fourth-order valence-electron chi connectivity index (χ4n) is 6.13. The van der Waals surface area contributed by atoms with Crippen LogP contribution in [0.25, 0.3) is 11.2 Å². The number of aromatic nitrogens is 4. The Morgan fingerprint density at radius 1 is 1.11 bits per heavy atom. The molecule has 4 aromatic rings. The van der Waals surface area contributed by atoms with Gasteiger partial charge in [0.2, 0.25) is 5.95 Å². The predicted molar refractivity (Wildman–Crippen MR) is 166 cm³/mol. The molecule has 2 saturated heterocycles. The van der Waals surface area contributed by atoms with Crippen molar-refractivity contribution in [3.05, 3.63) is 78.1 Å². The zero-order valence-electron chi connectivity index (χ0n) is 25.8. The lowest BCUT2D eigenvalue weighted by Gasteiger charge is -2.23. The molecule has 2 aromatic heterocycles. The SMILES string of the molecule is CN(C)C1CCN(c2nc(NCC(c3ccccc3)c3ccccc3)c3ncn([C@@H]4O[C@H](CO)[C@@H](OC(=O)C(F)(F)F)[C@H]4O)c3n2)C1. The molecule has 250 valence electrons. The normalized spacial score (nSPS) is 23.3. The minimum absolute atomic E-state index is 0.0489. The van der Waals surface area contributed by atoms with Crippen LogP contribution in [0.15, 0.2) is 67.0 Å². The second kappa shape index (κ2) is 13.4. The van der Waals surface area contributed by atoms with Crippen molar-refractivity contribution in [1.29, 1.82) is 0 Å². The summed E-state index contributed by atoms with van der Waals surface area (Å²) in [6.45, 7) is 0.983. The minimum Gasteiger partial charge on any atom is -0.450 e. The molecule has 4 heterocycles. The van der Waals surface area contributed by atoms with Gasteiger partial charge in [0.05, 0.1) is 12.9 Å². The van der Waals surface area contributed by atoms with Crippen LogP contribution >= 0.6 is 0 Å². The highest BCUT2D eigenvalue weighted by molar-refractivity contribution is 5.84. The number of hydrogen-bond acceptors (Lipinski definition) is 11. The average molecular weight is 656 g/mol. The van der Waals surface area contributed by atoms with Gasteiger partial charge in [0, 0.05) is 31.6 Å². The maximum atomic E-state index is 13.0. The summed E-state index contributed by atoms with van der Waals surface area (Å²) in [7, 11) is 4.01. The first-order valence-electron chi connectivity index (χ1n) is 15.3. The van der Waals surface area contributed by atoms with E-state index in [9.17, 15) is 28.2 Å². The molecular formula is C32H36F3N7O5. The van der Waals surface area contributed by atoms with Crippen LogP contribution in [0.5, 0.6) is 0 Å². The number of carbonyl (C=O) groups is 1. The van der Waals surface area contributed by atoms with Crippen molar-refractivity contribution in [1.82, 2.24) is 24.4 Å². The third-order valence-corrected chi connectivity index (χ3v) is 8.70. The van der Waals surface area contributed by atoms with E-state index in [0.717, 1.165) is 17.5 Å². The van der Waals surface area contributed by atoms with Crippen LogP contribution in [0.3, 0.4) is 0 Å². The number of imidazole rings is 1. The molecule has 12 nitrogen and oxygen atoms in total. The molecule has 5 atom stereocenters. The first kappa shape index (κ1) is 32.6. The fourth-order valence-corrected chi connectivity index (χ4v) is 6.13. The number of esters is 1. The Kier molecular flexibility index (Phi) is 9.32. The molecule has 2 aliphatic rings. The van der Waals surface area contributed by atoms with E-state index in [-0.39, 0.29) is 17.6 Å². The van der Waals surface area contributed by atoms with E-state index in [0.29, 0.717) is 36.9 Å². The van der Waals surface area contributed by atoms with Gasteiger partial charge in [-0.3, -0.25) is 4.57 Å². The van der Waals surface area contributed by atoms with Gasteiger partial charge in [-0.15, -0.1) is 0 Å². The van der Waals surface area contributed by atoms with Crippen molar-refractivity contribution in [3.63, 3.8) is 0 Å². The monoisotopic (exact) mass is 655 g/mol. The van der Waals surface area contributed by atoms with Gasteiger partial charge >= 0.3 is 12.1 Å². The maximum absolute atomic E-state index is 13.0. The van der Waals surface area contributed by atoms with Crippen LogP contribution in [0, 0.1) is 0 Å². The number of nitrogens with zero attached hydrogens (tertiary/aromatic N) is 6. The van der Waals surface area contributed by atoms with Crippen molar-refractivity contribution in [2.75, 3.05) is 50.6 Å². The molecule has 2 fully saturated rings. The lowest BCUT2D eigenvalue weighted by atomic mass is 9.91. The molecule has 0 radical (unpaired) electrons. The van der Waals surface area contributed by atoms with Crippen molar-refractivity contribution in [2.45, 2.75) is 49.1 Å². The maximum Gasteiger partial charge on any atom is 0.490 e. The smallest absolute Gasteiger partial charge is 0.450 e. The van der Waals surface area contributed by atoms with Crippen molar-refractivity contribution >= 4 is 28.9 Å². The first-order valence-corrected chi connectivity index (χ1v) is 15.3. The van der Waals surface area contributed by atoms with Crippen LogP contribution in [0.4, 0.5) is 24.9 Å². The number of nitrogens with one attached hydrogen (secondary N) is 1. The number of hydrogen-bond donors (Lipinski definition) is 3. The van der Waals surface area contributed by atoms with E-state index in [1.54, 1.807) is 0 Å². The average Bonchev–Trinajstić information content (AvgIpc) is 3.80. The molecule has 0 spiro atoms. The largest absolute Gasteiger partial charge is 0.490 e. The highest BCUT2D eigenvalue weighted by Crippen LogP contribution is 2.36. The molecule has 47 heavy (non-hydrogen) atoms. The molecule has 0 bridgehead atoms. The summed E-state index contributed by atoms with van der Waals surface area (Å²) in [4.78, 5) is 30.0. The molecule has 2 aromatic carbocycles. The number of anilines is 2. The number of fused-ring (bicyclic) bond motifs is 1. The predicted octanol–water partition coefficient (Wildman–Crippen LogP) is 2.94. The Bertz CT molecular complexity index is 1630. The number of benzene rings is 2. The van der Waals surface area contributed by atoms with Crippen LogP contribution < -0.4 is 10.2 Å². The summed E-state index contributed by atoms with van der Waals surface area (Å²) < 4.78 is 50.6. The van der Waals surface area contributed by atoms with Crippen molar-refractivity contribution in [2.24, 2.45) is 0 Å². The van der Waals surface area contributed by atoms with Crippen LogP contribution in [-0.2, 0) is 14.3 Å². The lowest BCUT2D eigenvalue weighted by Crippen LogP contribution is -2.41. The van der Waals surface area contributed by atoms with Crippen LogP contribution in [-0.4, -0.2) is 111 Å². The number of aliphatic hydroxyl groups excluding tert-OH is 2. The summed E-state index contributed by atoms with van der Waals surface area (Å²) in [5.74, 6) is -1.73. The minimum atomic E-state index is -5.29. The number of alkyl halides is 3. The summed E-state index contributed by atoms with van der Waals surface area (Å²) >= 11 is 0. The van der Waals surface area contributed by atoms with E-state index in [4.69, 9.17) is 14.7 Å². The van der Waals surface area contributed by atoms with Crippen molar-refractivity contribution in [3.8, 4) is 0 Å². The van der Waals surface area contributed by atoms with Gasteiger partial charge in [0.25, 0.3) is 0 Å². The van der Waals surface area contributed by atoms with Gasteiger partial charge < -0.3 is 34.8 Å². The molecule has 15 heteroatoms. The highest BCUT2D eigenvalue weighted by atomic mass is 19.4. The van der Waals surface area contributed by atoms with Gasteiger partial charge in [0.1, 0.15) is 12.2 Å². The Labute approximate surface area is 268 Å². The standard InChI is InChI=1S/C32H36F3N7O5/c1-40(2)21-13-14-41(16-21)31-38-27(36-15-22(19-9-5-3-6-10-19)20-11-7-4-8-12-20)24-28(39-31)42(18-37-24)29-25(44)26(23(17-43)46-29)47-30(45)32(33,34)35/h3-12,18,21-23,25-26,29,43-44H,13-17H2,1-2H3,(H,36,38,39)/t21?,23-,25-,26-,29-/m1/s1. The quantitative estimate of drug-likeness (QED) is 0.218. The summed E-state index contributed by atoms with van der Waals surface area (Å²) in [6.07, 6.45) is -9.41. The molecule has 2 aliphatic heterocycles. The Morgan fingerprint density at radius 3 is 2.34 bits per heavy atom. The van der Waals surface area contributed by atoms with E-state index in [1.165, 1.54) is 10.9 Å². The Hall–Kier alpha value is -4.31. The van der Waals surface area contributed by atoms with Crippen LogP contribution in [0.2, 0.25) is 0 Å². The highest BCUT2D eigenvalue weighted by Gasteiger charge is 2.51. The van der Waals surface area contributed by atoms with Gasteiger partial charge in [-0.25, -0.2) is 9.78 Å². The van der Waals surface area contributed by atoms with Gasteiger partial charge in [-0.2, -0.15) is 23.1 Å². The zero-order chi connectivity index (χ0) is 33.3. The van der Waals surface area contributed by atoms with Gasteiger partial charge in [-0.1, -0.05) is 60.7 Å². The molecular weight excluding hydrogens is 619 g/mol. The molecule has 6 rings (SSSR count). The second-order valence-corrected chi connectivity index (χ2v) is 11.9. The zero-order valence-corrected chi connectivity index (χ0v) is 25.8. The molecule has 3 N–H and O–H groups in total. The Balaban J connectivity index is 1.37. The lowest BCUT2D eigenvalue weighted by molar-refractivity contribution is -0.210. The summed E-state index contributed by atoms with van der Waals surface area (Å²) in [5, 5.41) is 24.4. The van der Waals surface area contributed by atoms with Crippen LogP contribution in [0.1, 0.15) is 29.7 Å². The summed E-state index contributed by atoms with van der Waals surface area (Å²) in [6, 6.07) is 20.3. The van der Waals surface area contributed by atoms with E-state index in [1.807, 2.05) is 55.4 Å². The number of halogens is 3. The number of ether oxygens (including phenoxy) is 2. The number of aliphatic hydroxyl groups is 2. The number of rotatable bonds is 10. The molecule has 0 saturated carbocycles. The van der Waals surface area contributed by atoms with E-state index >= 15 is 0 Å². The number of likely N-dealkylation sites (N-methyl/N-ethyl adjacent to an activating group) is 1. The third kappa shape index (κ3) is 6.74. The van der Waals surface area contributed by atoms with Crippen molar-refractivity contribution < 1.29 is 37.7 Å². The fraction of sp³-hybridized carbons (Fsp3) is 0.438. The first-order chi connectivity index (χ1) is 22.5.